The number of rotatable bonds is 4. The van der Waals surface area contributed by atoms with E-state index >= 15 is 0 Å². The molecule has 1 aromatic heterocycles. The lowest BCUT2D eigenvalue weighted by Gasteiger charge is -2.34. The standard InChI is InChI=1S/C25H34N4O3/c1-25(2,3)32-24(31)28-15-13-18(14-16-28)22-21(23(30)27-19-9-7-8-10-19)17-26-29(22)20-11-5-4-6-12-20/h4-6,11-12,17-19H,7-10,13-16H2,1-3H3,(H,27,30). The van der Waals surface area contributed by atoms with Gasteiger partial charge in [-0.1, -0.05) is 31.0 Å². The Labute approximate surface area is 190 Å². The lowest BCUT2D eigenvalue weighted by atomic mass is 9.90. The topological polar surface area (TPSA) is 76.5 Å². The highest BCUT2D eigenvalue weighted by Gasteiger charge is 2.32. The predicted molar refractivity (Wildman–Crippen MR) is 123 cm³/mol. The van der Waals surface area contributed by atoms with E-state index in [2.05, 4.69) is 10.4 Å². The van der Waals surface area contributed by atoms with Crippen molar-refractivity contribution < 1.29 is 14.3 Å². The Morgan fingerprint density at radius 3 is 2.31 bits per heavy atom. The van der Waals surface area contributed by atoms with Crippen molar-refractivity contribution in [1.29, 1.82) is 0 Å². The van der Waals surface area contributed by atoms with E-state index in [4.69, 9.17) is 4.74 Å². The zero-order valence-corrected chi connectivity index (χ0v) is 19.3. The smallest absolute Gasteiger partial charge is 0.410 e. The maximum Gasteiger partial charge on any atom is 0.410 e. The fraction of sp³-hybridized carbons (Fsp3) is 0.560. The van der Waals surface area contributed by atoms with E-state index in [0.29, 0.717) is 18.7 Å². The molecule has 1 saturated heterocycles. The third-order valence-corrected chi connectivity index (χ3v) is 6.28. The Morgan fingerprint density at radius 1 is 1.03 bits per heavy atom. The Morgan fingerprint density at radius 2 is 1.69 bits per heavy atom. The first kappa shape index (κ1) is 22.4. The van der Waals surface area contributed by atoms with Crippen LogP contribution < -0.4 is 5.32 Å². The van der Waals surface area contributed by atoms with Gasteiger partial charge in [0.05, 0.1) is 23.1 Å². The molecule has 0 bridgehead atoms. The van der Waals surface area contributed by atoms with E-state index < -0.39 is 5.60 Å². The summed E-state index contributed by atoms with van der Waals surface area (Å²) in [6.07, 6.45) is 7.39. The zero-order chi connectivity index (χ0) is 22.7. The van der Waals surface area contributed by atoms with Gasteiger partial charge in [0.25, 0.3) is 5.91 Å². The largest absolute Gasteiger partial charge is 0.444 e. The number of hydrogen-bond acceptors (Lipinski definition) is 4. The van der Waals surface area contributed by atoms with E-state index in [1.807, 2.05) is 55.8 Å². The number of hydrogen-bond donors (Lipinski definition) is 1. The van der Waals surface area contributed by atoms with Crippen LogP contribution in [0.5, 0.6) is 0 Å². The molecule has 4 rings (SSSR count). The van der Waals surface area contributed by atoms with Gasteiger partial charge in [-0.25, -0.2) is 9.48 Å². The molecule has 0 spiro atoms. The van der Waals surface area contributed by atoms with Crippen LogP contribution in [0.25, 0.3) is 5.69 Å². The van der Waals surface area contributed by atoms with Crippen molar-refractivity contribution in [2.75, 3.05) is 13.1 Å². The minimum atomic E-state index is -0.509. The number of benzene rings is 1. The number of amides is 2. The molecule has 1 aliphatic heterocycles. The minimum absolute atomic E-state index is 0.0383. The normalized spacial score (nSPS) is 18.0. The van der Waals surface area contributed by atoms with Crippen LogP contribution in [-0.4, -0.2) is 51.4 Å². The van der Waals surface area contributed by atoms with Crippen molar-refractivity contribution >= 4 is 12.0 Å². The number of nitrogens with one attached hydrogen (secondary N) is 1. The highest BCUT2D eigenvalue weighted by atomic mass is 16.6. The Hall–Kier alpha value is -2.83. The maximum atomic E-state index is 13.2. The quantitative estimate of drug-likeness (QED) is 0.753. The van der Waals surface area contributed by atoms with Gasteiger partial charge >= 0.3 is 6.09 Å². The molecule has 0 atom stereocenters. The molecule has 1 N–H and O–H groups in total. The summed E-state index contributed by atoms with van der Waals surface area (Å²) in [6, 6.07) is 10.2. The molecule has 2 fully saturated rings. The van der Waals surface area contributed by atoms with Crippen molar-refractivity contribution in [3.63, 3.8) is 0 Å². The lowest BCUT2D eigenvalue weighted by Crippen LogP contribution is -2.42. The number of aromatic nitrogens is 2. The molecule has 0 unspecified atom stereocenters. The second-order valence-corrected chi connectivity index (χ2v) is 9.89. The van der Waals surface area contributed by atoms with Crippen molar-refractivity contribution in [1.82, 2.24) is 20.0 Å². The number of likely N-dealkylation sites (tertiary alicyclic amines) is 1. The average Bonchev–Trinajstić information content (AvgIpc) is 3.43. The molecular weight excluding hydrogens is 404 g/mol. The molecule has 1 saturated carbocycles. The van der Waals surface area contributed by atoms with Crippen LogP contribution in [0.1, 0.15) is 81.3 Å². The van der Waals surface area contributed by atoms with Crippen LogP contribution in [-0.2, 0) is 4.74 Å². The predicted octanol–water partition coefficient (Wildman–Crippen LogP) is 4.66. The second kappa shape index (κ2) is 9.35. The number of carbonyl (C=O) groups excluding carboxylic acids is 2. The first-order chi connectivity index (χ1) is 15.3. The maximum absolute atomic E-state index is 13.2. The molecule has 1 aromatic carbocycles. The first-order valence-corrected chi connectivity index (χ1v) is 11.7. The summed E-state index contributed by atoms with van der Waals surface area (Å²) in [7, 11) is 0. The van der Waals surface area contributed by atoms with Gasteiger partial charge < -0.3 is 15.0 Å². The van der Waals surface area contributed by atoms with Crippen LogP contribution in [0.2, 0.25) is 0 Å². The number of carbonyl (C=O) groups is 2. The molecular formula is C25H34N4O3. The molecule has 2 aromatic rings. The molecule has 32 heavy (non-hydrogen) atoms. The van der Waals surface area contributed by atoms with E-state index in [1.54, 1.807) is 11.1 Å². The number of nitrogens with zero attached hydrogens (tertiary/aromatic N) is 3. The molecule has 7 nitrogen and oxygen atoms in total. The van der Waals surface area contributed by atoms with E-state index in [1.165, 1.54) is 12.8 Å². The monoisotopic (exact) mass is 438 g/mol. The third kappa shape index (κ3) is 5.14. The molecule has 2 amide bonds. The van der Waals surface area contributed by atoms with Crippen molar-refractivity contribution in [2.45, 2.75) is 76.9 Å². The summed E-state index contributed by atoms with van der Waals surface area (Å²) < 4.78 is 7.44. The Bertz CT molecular complexity index is 934. The fourth-order valence-corrected chi connectivity index (χ4v) is 4.70. The SMILES string of the molecule is CC(C)(C)OC(=O)N1CCC(c2c(C(=O)NC3CCCC3)cnn2-c2ccccc2)CC1. The van der Waals surface area contributed by atoms with Crippen molar-refractivity contribution in [2.24, 2.45) is 0 Å². The molecule has 0 radical (unpaired) electrons. The summed E-state index contributed by atoms with van der Waals surface area (Å²) in [5.74, 6) is 0.101. The van der Waals surface area contributed by atoms with Crippen LogP contribution in [0.3, 0.4) is 0 Å². The summed E-state index contributed by atoms with van der Waals surface area (Å²) in [6.45, 7) is 6.84. The average molecular weight is 439 g/mol. The lowest BCUT2D eigenvalue weighted by molar-refractivity contribution is 0.0203. The van der Waals surface area contributed by atoms with Crippen LogP contribution in [0.15, 0.2) is 36.5 Å². The number of ether oxygens (including phenoxy) is 1. The Kier molecular flexibility index (Phi) is 6.53. The highest BCUT2D eigenvalue weighted by Crippen LogP contribution is 2.33. The summed E-state index contributed by atoms with van der Waals surface area (Å²) in [4.78, 5) is 27.4. The molecule has 7 heteroatoms. The number of piperidine rings is 1. The molecule has 1 aliphatic carbocycles. The summed E-state index contributed by atoms with van der Waals surface area (Å²) in [5, 5.41) is 7.83. The van der Waals surface area contributed by atoms with Crippen LogP contribution in [0, 0.1) is 0 Å². The van der Waals surface area contributed by atoms with Crippen molar-refractivity contribution in [3.8, 4) is 5.69 Å². The molecule has 2 aliphatic rings. The molecule has 172 valence electrons. The van der Waals surface area contributed by atoms with Gasteiger partial charge in [-0.3, -0.25) is 4.79 Å². The van der Waals surface area contributed by atoms with Crippen LogP contribution in [0.4, 0.5) is 4.79 Å². The highest BCUT2D eigenvalue weighted by molar-refractivity contribution is 5.95. The van der Waals surface area contributed by atoms with Gasteiger partial charge in [0.15, 0.2) is 0 Å². The third-order valence-electron chi connectivity index (χ3n) is 6.28. The van der Waals surface area contributed by atoms with E-state index in [-0.39, 0.29) is 24.0 Å². The summed E-state index contributed by atoms with van der Waals surface area (Å²) >= 11 is 0. The number of para-hydroxylation sites is 1. The Balaban J connectivity index is 1.55. The van der Waals surface area contributed by atoms with Gasteiger partial charge in [-0.05, 0) is 58.6 Å². The second-order valence-electron chi connectivity index (χ2n) is 9.89. The zero-order valence-electron chi connectivity index (χ0n) is 19.3. The molecule has 2 heterocycles. The fourth-order valence-electron chi connectivity index (χ4n) is 4.70. The van der Waals surface area contributed by atoms with Gasteiger partial charge in [0.2, 0.25) is 0 Å². The van der Waals surface area contributed by atoms with Gasteiger partial charge in [-0.15, -0.1) is 0 Å². The van der Waals surface area contributed by atoms with Gasteiger partial charge in [0.1, 0.15) is 5.60 Å². The summed E-state index contributed by atoms with van der Waals surface area (Å²) in [5.41, 5.74) is 2.02. The van der Waals surface area contributed by atoms with Gasteiger partial charge in [-0.2, -0.15) is 5.10 Å². The minimum Gasteiger partial charge on any atom is -0.444 e. The van der Waals surface area contributed by atoms with Crippen molar-refractivity contribution in [3.05, 3.63) is 47.8 Å². The first-order valence-electron chi connectivity index (χ1n) is 11.7. The van der Waals surface area contributed by atoms with Crippen LogP contribution >= 0.6 is 0 Å². The van der Waals surface area contributed by atoms with E-state index in [9.17, 15) is 9.59 Å². The van der Waals surface area contributed by atoms with E-state index in [0.717, 1.165) is 37.1 Å². The van der Waals surface area contributed by atoms with Gasteiger partial charge in [0, 0.05) is 25.0 Å².